The molecule has 136 valence electrons. The van der Waals surface area contributed by atoms with Crippen LogP contribution in [-0.4, -0.2) is 34.0 Å². The molecule has 2 aliphatic rings. The van der Waals surface area contributed by atoms with Crippen LogP contribution in [0.1, 0.15) is 50.5 Å². The first kappa shape index (κ1) is 17.1. The molecule has 2 bridgehead atoms. The van der Waals surface area contributed by atoms with Crippen molar-refractivity contribution in [1.29, 1.82) is 0 Å². The first-order valence-electron chi connectivity index (χ1n) is 9.70. The van der Waals surface area contributed by atoms with Gasteiger partial charge in [-0.05, 0) is 37.0 Å². The molecule has 3 heterocycles. The fourth-order valence-electron chi connectivity index (χ4n) is 4.61. The minimum atomic E-state index is -0.0306. The Hall–Kier alpha value is -2.36. The third-order valence-corrected chi connectivity index (χ3v) is 5.81. The number of rotatable bonds is 5. The topological polar surface area (TPSA) is 42.4 Å². The third-order valence-electron chi connectivity index (χ3n) is 5.81. The molecule has 26 heavy (non-hydrogen) atoms. The number of hydrogen-bond acceptors (Lipinski definition) is 3. The summed E-state index contributed by atoms with van der Waals surface area (Å²) < 4.78 is 6.16. The van der Waals surface area contributed by atoms with Crippen molar-refractivity contribution in [2.24, 2.45) is 0 Å². The molecule has 0 radical (unpaired) electrons. The SMILES string of the molecule is CCC(C(=O)N1C2CCC1CC(Oc1ccncc1)C2)c1ccccc1. The quantitative estimate of drug-likeness (QED) is 0.812. The van der Waals surface area contributed by atoms with Crippen molar-refractivity contribution in [1.82, 2.24) is 9.88 Å². The number of pyridine rings is 1. The maximum absolute atomic E-state index is 13.3. The molecule has 0 aliphatic carbocycles. The molecule has 3 atom stereocenters. The van der Waals surface area contributed by atoms with Crippen LogP contribution in [0.15, 0.2) is 54.9 Å². The third kappa shape index (κ3) is 3.33. The van der Waals surface area contributed by atoms with E-state index >= 15 is 0 Å². The number of carbonyl (C=O) groups excluding carboxylic acids is 1. The Kier molecular flexibility index (Phi) is 4.91. The highest BCUT2D eigenvalue weighted by atomic mass is 16.5. The Balaban J connectivity index is 1.47. The molecular weight excluding hydrogens is 324 g/mol. The molecule has 1 amide bonds. The number of hydrogen-bond donors (Lipinski definition) is 0. The van der Waals surface area contributed by atoms with Crippen LogP contribution in [0.2, 0.25) is 0 Å². The summed E-state index contributed by atoms with van der Waals surface area (Å²) >= 11 is 0. The zero-order valence-corrected chi connectivity index (χ0v) is 15.3. The van der Waals surface area contributed by atoms with Gasteiger partial charge in [-0.25, -0.2) is 0 Å². The minimum Gasteiger partial charge on any atom is -0.490 e. The van der Waals surface area contributed by atoms with Gasteiger partial charge in [-0.1, -0.05) is 37.3 Å². The highest BCUT2D eigenvalue weighted by molar-refractivity contribution is 5.84. The van der Waals surface area contributed by atoms with E-state index in [9.17, 15) is 4.79 Å². The van der Waals surface area contributed by atoms with Gasteiger partial charge in [-0.3, -0.25) is 9.78 Å². The average Bonchev–Trinajstić information content (AvgIpc) is 2.95. The number of aromatic nitrogens is 1. The normalized spacial score (nSPS) is 25.7. The summed E-state index contributed by atoms with van der Waals surface area (Å²) in [5.41, 5.74) is 1.13. The van der Waals surface area contributed by atoms with E-state index in [0.29, 0.717) is 18.0 Å². The van der Waals surface area contributed by atoms with Gasteiger partial charge in [0.15, 0.2) is 0 Å². The van der Waals surface area contributed by atoms with Gasteiger partial charge in [0, 0.05) is 37.3 Å². The predicted molar refractivity (Wildman–Crippen MR) is 101 cm³/mol. The van der Waals surface area contributed by atoms with Gasteiger partial charge in [0.1, 0.15) is 11.9 Å². The van der Waals surface area contributed by atoms with E-state index in [1.54, 1.807) is 12.4 Å². The highest BCUT2D eigenvalue weighted by Gasteiger charge is 2.45. The Morgan fingerprint density at radius 3 is 2.38 bits per heavy atom. The lowest BCUT2D eigenvalue weighted by Crippen LogP contribution is -2.50. The molecule has 2 aromatic rings. The smallest absolute Gasteiger partial charge is 0.230 e. The molecule has 4 nitrogen and oxygen atoms in total. The zero-order chi connectivity index (χ0) is 17.9. The Labute approximate surface area is 155 Å². The minimum absolute atomic E-state index is 0.0306. The Morgan fingerprint density at radius 2 is 1.77 bits per heavy atom. The number of ether oxygens (including phenoxy) is 1. The fraction of sp³-hybridized carbons (Fsp3) is 0.455. The second-order valence-corrected chi connectivity index (χ2v) is 7.40. The van der Waals surface area contributed by atoms with Crippen molar-refractivity contribution in [3.63, 3.8) is 0 Å². The van der Waals surface area contributed by atoms with E-state index in [0.717, 1.165) is 43.4 Å². The molecule has 2 aliphatic heterocycles. The summed E-state index contributed by atoms with van der Waals surface area (Å²) in [7, 11) is 0. The van der Waals surface area contributed by atoms with Crippen LogP contribution in [0.25, 0.3) is 0 Å². The van der Waals surface area contributed by atoms with Gasteiger partial charge in [-0.15, -0.1) is 0 Å². The lowest BCUT2D eigenvalue weighted by atomic mass is 9.91. The van der Waals surface area contributed by atoms with Crippen molar-refractivity contribution in [3.05, 3.63) is 60.4 Å². The van der Waals surface area contributed by atoms with E-state index in [1.807, 2.05) is 30.3 Å². The summed E-state index contributed by atoms with van der Waals surface area (Å²) in [6, 6.07) is 14.6. The van der Waals surface area contributed by atoms with Crippen molar-refractivity contribution in [3.8, 4) is 5.75 Å². The summed E-state index contributed by atoms with van der Waals surface area (Å²) in [6.07, 6.45) is 8.59. The number of nitrogens with zero attached hydrogens (tertiary/aromatic N) is 2. The first-order valence-corrected chi connectivity index (χ1v) is 9.70. The molecule has 2 saturated heterocycles. The van der Waals surface area contributed by atoms with Crippen molar-refractivity contribution >= 4 is 5.91 Å². The summed E-state index contributed by atoms with van der Waals surface area (Å²) in [4.78, 5) is 19.6. The molecule has 2 fully saturated rings. The summed E-state index contributed by atoms with van der Waals surface area (Å²) in [6.45, 7) is 2.11. The van der Waals surface area contributed by atoms with Crippen LogP contribution >= 0.6 is 0 Å². The molecular formula is C22H26N2O2. The second kappa shape index (κ2) is 7.48. The largest absolute Gasteiger partial charge is 0.490 e. The van der Waals surface area contributed by atoms with E-state index in [1.165, 1.54) is 0 Å². The van der Waals surface area contributed by atoms with E-state index in [2.05, 4.69) is 28.9 Å². The van der Waals surface area contributed by atoms with Crippen LogP contribution in [0.5, 0.6) is 5.75 Å². The van der Waals surface area contributed by atoms with Crippen LogP contribution in [-0.2, 0) is 4.79 Å². The Morgan fingerprint density at radius 1 is 1.12 bits per heavy atom. The van der Waals surface area contributed by atoms with E-state index in [-0.39, 0.29) is 12.0 Å². The van der Waals surface area contributed by atoms with Gasteiger partial charge in [0.2, 0.25) is 5.91 Å². The van der Waals surface area contributed by atoms with Crippen LogP contribution in [0.4, 0.5) is 0 Å². The molecule has 3 unspecified atom stereocenters. The van der Waals surface area contributed by atoms with Crippen molar-refractivity contribution in [2.45, 2.75) is 63.1 Å². The molecule has 4 heteroatoms. The predicted octanol–water partition coefficient (Wildman–Crippen LogP) is 4.18. The zero-order valence-electron chi connectivity index (χ0n) is 15.3. The summed E-state index contributed by atoms with van der Waals surface area (Å²) in [5.74, 6) is 1.14. The number of fused-ring (bicyclic) bond motifs is 2. The Bertz CT molecular complexity index is 720. The number of piperidine rings is 1. The fourth-order valence-corrected chi connectivity index (χ4v) is 4.61. The molecule has 0 spiro atoms. The molecule has 0 N–H and O–H groups in total. The standard InChI is InChI=1S/C22H26N2O2/c1-2-21(16-6-4-3-5-7-16)22(25)24-17-8-9-18(24)15-20(14-17)26-19-10-12-23-13-11-19/h3-7,10-13,17-18,20-21H,2,8-9,14-15H2,1H3. The van der Waals surface area contributed by atoms with Crippen LogP contribution < -0.4 is 4.74 Å². The van der Waals surface area contributed by atoms with Crippen LogP contribution in [0, 0.1) is 0 Å². The van der Waals surface area contributed by atoms with E-state index < -0.39 is 0 Å². The lowest BCUT2D eigenvalue weighted by molar-refractivity contribution is -0.138. The van der Waals surface area contributed by atoms with Crippen molar-refractivity contribution in [2.75, 3.05) is 0 Å². The number of carbonyl (C=O) groups is 1. The molecule has 1 aromatic carbocycles. The van der Waals surface area contributed by atoms with Crippen LogP contribution in [0.3, 0.4) is 0 Å². The van der Waals surface area contributed by atoms with Gasteiger partial charge >= 0.3 is 0 Å². The monoisotopic (exact) mass is 350 g/mol. The van der Waals surface area contributed by atoms with Crippen molar-refractivity contribution < 1.29 is 9.53 Å². The van der Waals surface area contributed by atoms with Gasteiger partial charge in [0.05, 0.1) is 5.92 Å². The highest BCUT2D eigenvalue weighted by Crippen LogP contribution is 2.39. The molecule has 0 saturated carbocycles. The van der Waals surface area contributed by atoms with Gasteiger partial charge in [-0.2, -0.15) is 0 Å². The van der Waals surface area contributed by atoms with Gasteiger partial charge < -0.3 is 9.64 Å². The molecule has 4 rings (SSSR count). The van der Waals surface area contributed by atoms with Gasteiger partial charge in [0.25, 0.3) is 0 Å². The van der Waals surface area contributed by atoms with E-state index in [4.69, 9.17) is 4.74 Å². The average molecular weight is 350 g/mol. The molecule has 1 aromatic heterocycles. The number of amides is 1. The lowest BCUT2D eigenvalue weighted by Gasteiger charge is -2.40. The number of benzene rings is 1. The first-order chi connectivity index (χ1) is 12.8. The second-order valence-electron chi connectivity index (χ2n) is 7.40. The maximum atomic E-state index is 13.3. The maximum Gasteiger partial charge on any atom is 0.230 e. The summed E-state index contributed by atoms with van der Waals surface area (Å²) in [5, 5.41) is 0.